The number of nitrogens with zero attached hydrogens (tertiary/aromatic N) is 1. The van der Waals surface area contributed by atoms with Gasteiger partial charge in [0.05, 0.1) is 10.6 Å². The topological polar surface area (TPSA) is 101 Å². The van der Waals surface area contributed by atoms with Crippen molar-refractivity contribution in [2.75, 3.05) is 18.9 Å². The highest BCUT2D eigenvalue weighted by Crippen LogP contribution is 2.25. The van der Waals surface area contributed by atoms with Crippen LogP contribution in [0, 0.1) is 10.1 Å². The van der Waals surface area contributed by atoms with E-state index in [2.05, 4.69) is 10.0 Å². The van der Waals surface area contributed by atoms with Gasteiger partial charge >= 0.3 is 0 Å². The summed E-state index contributed by atoms with van der Waals surface area (Å²) in [5.74, 6) is 0. The van der Waals surface area contributed by atoms with Gasteiger partial charge < -0.3 is 5.32 Å². The zero-order valence-electron chi connectivity index (χ0n) is 10.1. The first-order valence-electron chi connectivity index (χ1n) is 5.38. The maximum atomic E-state index is 12.0. The van der Waals surface area contributed by atoms with Gasteiger partial charge in [0, 0.05) is 25.7 Å². The molecule has 0 saturated carbocycles. The first-order valence-corrected chi connectivity index (χ1v) is 6.86. The van der Waals surface area contributed by atoms with Gasteiger partial charge in [0.25, 0.3) is 5.69 Å². The Morgan fingerprint density at radius 2 is 2.06 bits per heavy atom. The summed E-state index contributed by atoms with van der Waals surface area (Å²) in [6.07, 6.45) is 0.642. The van der Waals surface area contributed by atoms with Gasteiger partial charge in [-0.3, -0.25) is 10.1 Å². The van der Waals surface area contributed by atoms with Crippen LogP contribution >= 0.6 is 0 Å². The highest BCUT2D eigenvalue weighted by Gasteiger charge is 2.21. The molecular formula is C10H15N3O4S. The molecule has 1 rings (SSSR count). The minimum Gasteiger partial charge on any atom is -0.387 e. The SMILES string of the molecule is CCCNS(=O)(=O)c1cc([N+](=O)[O-])ccc1NC. The van der Waals surface area contributed by atoms with Crippen LogP contribution < -0.4 is 10.0 Å². The van der Waals surface area contributed by atoms with E-state index in [1.807, 2.05) is 6.92 Å². The Labute approximate surface area is 105 Å². The Morgan fingerprint density at radius 3 is 2.56 bits per heavy atom. The molecule has 0 bridgehead atoms. The molecule has 0 amide bonds. The van der Waals surface area contributed by atoms with E-state index in [1.54, 1.807) is 7.05 Å². The number of nitro groups is 1. The largest absolute Gasteiger partial charge is 0.387 e. The Balaban J connectivity index is 3.27. The number of non-ortho nitro benzene ring substituents is 1. The van der Waals surface area contributed by atoms with E-state index in [0.717, 1.165) is 6.07 Å². The molecular weight excluding hydrogens is 258 g/mol. The normalized spacial score (nSPS) is 11.2. The van der Waals surface area contributed by atoms with Crippen LogP contribution in [0.4, 0.5) is 11.4 Å². The van der Waals surface area contributed by atoms with Crippen molar-refractivity contribution in [3.05, 3.63) is 28.3 Å². The molecule has 2 N–H and O–H groups in total. The van der Waals surface area contributed by atoms with Gasteiger partial charge in [-0.15, -0.1) is 0 Å². The van der Waals surface area contributed by atoms with Crippen LogP contribution in [-0.2, 0) is 10.0 Å². The quantitative estimate of drug-likeness (QED) is 0.601. The lowest BCUT2D eigenvalue weighted by Crippen LogP contribution is -2.25. The predicted octanol–water partition coefficient (Wildman–Crippen LogP) is 1.32. The van der Waals surface area contributed by atoms with Crippen molar-refractivity contribution in [1.82, 2.24) is 4.72 Å². The summed E-state index contributed by atoms with van der Waals surface area (Å²) in [4.78, 5) is 9.92. The number of nitro benzene ring substituents is 1. The Hall–Kier alpha value is -1.67. The summed E-state index contributed by atoms with van der Waals surface area (Å²) in [7, 11) is -2.18. The number of hydrogen-bond acceptors (Lipinski definition) is 5. The van der Waals surface area contributed by atoms with Crippen molar-refractivity contribution in [1.29, 1.82) is 0 Å². The molecule has 0 radical (unpaired) electrons. The zero-order valence-corrected chi connectivity index (χ0v) is 11.0. The number of sulfonamides is 1. The second kappa shape index (κ2) is 5.78. The van der Waals surface area contributed by atoms with Crippen LogP contribution in [0.15, 0.2) is 23.1 Å². The van der Waals surface area contributed by atoms with E-state index in [1.165, 1.54) is 12.1 Å². The number of hydrogen-bond donors (Lipinski definition) is 2. The average Bonchev–Trinajstić information content (AvgIpc) is 2.35. The molecule has 1 aromatic rings. The highest BCUT2D eigenvalue weighted by molar-refractivity contribution is 7.89. The smallest absolute Gasteiger partial charge is 0.270 e. The van der Waals surface area contributed by atoms with Crippen molar-refractivity contribution >= 4 is 21.4 Å². The number of benzene rings is 1. The average molecular weight is 273 g/mol. The van der Waals surface area contributed by atoms with Gasteiger partial charge in [-0.1, -0.05) is 6.92 Å². The Kier molecular flexibility index (Phi) is 4.62. The van der Waals surface area contributed by atoms with E-state index in [-0.39, 0.29) is 17.1 Å². The number of anilines is 1. The van der Waals surface area contributed by atoms with Crippen LogP contribution in [0.1, 0.15) is 13.3 Å². The van der Waals surface area contributed by atoms with Gasteiger partial charge in [0.15, 0.2) is 0 Å². The molecule has 100 valence electrons. The lowest BCUT2D eigenvalue weighted by Gasteiger charge is -2.10. The number of nitrogens with one attached hydrogen (secondary N) is 2. The van der Waals surface area contributed by atoms with Crippen molar-refractivity contribution in [3.63, 3.8) is 0 Å². The summed E-state index contributed by atoms with van der Waals surface area (Å²) >= 11 is 0. The zero-order chi connectivity index (χ0) is 13.8. The van der Waals surface area contributed by atoms with Crippen LogP contribution in [-0.4, -0.2) is 26.9 Å². The lowest BCUT2D eigenvalue weighted by molar-refractivity contribution is -0.385. The summed E-state index contributed by atoms with van der Waals surface area (Å²) in [6, 6.07) is 3.67. The minimum absolute atomic E-state index is 0.118. The second-order valence-corrected chi connectivity index (χ2v) is 5.32. The third kappa shape index (κ3) is 3.17. The predicted molar refractivity (Wildman–Crippen MR) is 68.1 cm³/mol. The van der Waals surface area contributed by atoms with Crippen molar-refractivity contribution in [2.45, 2.75) is 18.2 Å². The van der Waals surface area contributed by atoms with Crippen molar-refractivity contribution < 1.29 is 13.3 Å². The van der Waals surface area contributed by atoms with Gasteiger partial charge in [-0.25, -0.2) is 13.1 Å². The van der Waals surface area contributed by atoms with Gasteiger partial charge in [0.2, 0.25) is 10.0 Å². The minimum atomic E-state index is -3.74. The fourth-order valence-electron chi connectivity index (χ4n) is 1.37. The first kappa shape index (κ1) is 14.4. The third-order valence-corrected chi connectivity index (χ3v) is 3.78. The molecule has 0 saturated heterocycles. The van der Waals surface area contributed by atoms with Crippen molar-refractivity contribution in [3.8, 4) is 0 Å². The molecule has 0 aliphatic heterocycles. The summed E-state index contributed by atoms with van der Waals surface area (Å²) in [6.45, 7) is 2.11. The fraction of sp³-hybridized carbons (Fsp3) is 0.400. The molecule has 0 heterocycles. The van der Waals surface area contributed by atoms with Crippen LogP contribution in [0.2, 0.25) is 0 Å². The highest BCUT2D eigenvalue weighted by atomic mass is 32.2. The van der Waals surface area contributed by atoms with E-state index in [9.17, 15) is 18.5 Å². The van der Waals surface area contributed by atoms with Gasteiger partial charge in [-0.05, 0) is 12.5 Å². The molecule has 0 unspecified atom stereocenters. The Morgan fingerprint density at radius 1 is 1.39 bits per heavy atom. The number of rotatable bonds is 6. The summed E-state index contributed by atoms with van der Waals surface area (Å²) in [5, 5.41) is 13.4. The van der Waals surface area contributed by atoms with E-state index >= 15 is 0 Å². The third-order valence-electron chi connectivity index (χ3n) is 2.28. The molecule has 0 spiro atoms. The van der Waals surface area contributed by atoms with Crippen LogP contribution in [0.25, 0.3) is 0 Å². The molecule has 8 heteroatoms. The van der Waals surface area contributed by atoms with Crippen LogP contribution in [0.5, 0.6) is 0 Å². The maximum Gasteiger partial charge on any atom is 0.270 e. The summed E-state index contributed by atoms with van der Waals surface area (Å²) < 4.78 is 26.3. The van der Waals surface area contributed by atoms with Crippen LogP contribution in [0.3, 0.4) is 0 Å². The Bertz CT molecular complexity index is 542. The lowest BCUT2D eigenvalue weighted by atomic mass is 10.3. The van der Waals surface area contributed by atoms with E-state index in [0.29, 0.717) is 12.1 Å². The van der Waals surface area contributed by atoms with E-state index < -0.39 is 14.9 Å². The standard InChI is InChI=1S/C10H15N3O4S/c1-3-6-12-18(16,17)10-7-8(13(14)15)4-5-9(10)11-2/h4-5,7,11-12H,3,6H2,1-2H3. The fourth-order valence-corrected chi connectivity index (χ4v) is 2.73. The molecule has 7 nitrogen and oxygen atoms in total. The molecule has 0 aliphatic rings. The molecule has 0 aliphatic carbocycles. The molecule has 0 aromatic heterocycles. The maximum absolute atomic E-state index is 12.0. The summed E-state index contributed by atoms with van der Waals surface area (Å²) in [5.41, 5.74) is 0.0649. The molecule has 0 atom stereocenters. The van der Waals surface area contributed by atoms with Crippen molar-refractivity contribution in [2.24, 2.45) is 0 Å². The first-order chi connectivity index (χ1) is 8.42. The second-order valence-electron chi connectivity index (χ2n) is 3.59. The van der Waals surface area contributed by atoms with E-state index in [4.69, 9.17) is 0 Å². The molecule has 0 fully saturated rings. The van der Waals surface area contributed by atoms with Gasteiger partial charge in [0.1, 0.15) is 4.90 Å². The molecule has 1 aromatic carbocycles. The monoisotopic (exact) mass is 273 g/mol. The molecule has 18 heavy (non-hydrogen) atoms. The van der Waals surface area contributed by atoms with Gasteiger partial charge in [-0.2, -0.15) is 0 Å².